The summed E-state index contributed by atoms with van der Waals surface area (Å²) >= 11 is 5.64. The molecule has 1 atom stereocenters. The van der Waals surface area contributed by atoms with Gasteiger partial charge in [-0.05, 0) is 93.7 Å². The Bertz CT molecular complexity index is 392. The predicted octanol–water partition coefficient (Wildman–Crippen LogP) is 4.39. The van der Waals surface area contributed by atoms with E-state index >= 15 is 0 Å². The van der Waals surface area contributed by atoms with Crippen molar-refractivity contribution >= 4 is 17.3 Å². The van der Waals surface area contributed by atoms with E-state index in [2.05, 4.69) is 17.6 Å². The Labute approximate surface area is 141 Å². The van der Waals surface area contributed by atoms with E-state index in [9.17, 15) is 0 Å². The SMILES string of the molecule is C[C@H](NC(=S)NC1CCCCC1)C12CC3CC(CC(C3)C1)C2. The third-order valence-corrected chi connectivity index (χ3v) is 7.53. The van der Waals surface area contributed by atoms with Crippen LogP contribution in [0.2, 0.25) is 0 Å². The summed E-state index contributed by atoms with van der Waals surface area (Å²) in [6, 6.07) is 1.17. The molecule has 5 saturated carbocycles. The van der Waals surface area contributed by atoms with Gasteiger partial charge in [-0.15, -0.1) is 0 Å². The van der Waals surface area contributed by atoms with E-state index in [-0.39, 0.29) is 0 Å². The number of hydrogen-bond acceptors (Lipinski definition) is 1. The third kappa shape index (κ3) is 2.90. The van der Waals surface area contributed by atoms with Crippen molar-refractivity contribution in [3.8, 4) is 0 Å². The van der Waals surface area contributed by atoms with Gasteiger partial charge >= 0.3 is 0 Å². The zero-order valence-electron chi connectivity index (χ0n) is 14.1. The molecule has 0 radical (unpaired) electrons. The van der Waals surface area contributed by atoms with Gasteiger partial charge in [-0.2, -0.15) is 0 Å². The molecule has 0 aliphatic heterocycles. The van der Waals surface area contributed by atoms with Crippen LogP contribution >= 0.6 is 12.2 Å². The molecule has 3 heteroatoms. The van der Waals surface area contributed by atoms with Crippen LogP contribution in [-0.4, -0.2) is 17.2 Å². The Morgan fingerprint density at radius 3 is 2.05 bits per heavy atom. The largest absolute Gasteiger partial charge is 0.360 e. The van der Waals surface area contributed by atoms with Gasteiger partial charge in [-0.1, -0.05) is 19.3 Å². The second kappa shape index (κ2) is 5.96. The molecular formula is C19H32N2S. The van der Waals surface area contributed by atoms with Crippen molar-refractivity contribution in [1.29, 1.82) is 0 Å². The summed E-state index contributed by atoms with van der Waals surface area (Å²) in [5.41, 5.74) is 0.549. The zero-order valence-corrected chi connectivity index (χ0v) is 14.9. The van der Waals surface area contributed by atoms with Crippen LogP contribution in [0.15, 0.2) is 0 Å². The molecule has 0 spiro atoms. The molecule has 5 aliphatic rings. The fourth-order valence-corrected chi connectivity index (χ4v) is 6.88. The van der Waals surface area contributed by atoms with Crippen LogP contribution in [0.1, 0.15) is 77.6 Å². The molecule has 5 rings (SSSR count). The molecule has 5 fully saturated rings. The lowest BCUT2D eigenvalue weighted by molar-refractivity contribution is -0.0672. The van der Waals surface area contributed by atoms with Crippen molar-refractivity contribution in [3.05, 3.63) is 0 Å². The van der Waals surface area contributed by atoms with Crippen molar-refractivity contribution < 1.29 is 0 Å². The molecule has 0 amide bonds. The van der Waals surface area contributed by atoms with Gasteiger partial charge in [0.15, 0.2) is 5.11 Å². The molecule has 4 bridgehead atoms. The summed E-state index contributed by atoms with van der Waals surface area (Å²) in [5.74, 6) is 3.07. The van der Waals surface area contributed by atoms with Crippen LogP contribution in [0.4, 0.5) is 0 Å². The number of hydrogen-bond donors (Lipinski definition) is 2. The molecular weight excluding hydrogens is 288 g/mol. The number of rotatable bonds is 3. The number of thiocarbonyl (C=S) groups is 1. The van der Waals surface area contributed by atoms with Gasteiger partial charge in [0.05, 0.1) is 0 Å². The Kier molecular flexibility index (Phi) is 4.13. The van der Waals surface area contributed by atoms with E-state index in [0.29, 0.717) is 17.5 Å². The molecule has 2 N–H and O–H groups in total. The van der Waals surface area contributed by atoms with Crippen LogP contribution in [0.3, 0.4) is 0 Å². The fourth-order valence-electron chi connectivity index (χ4n) is 6.53. The molecule has 124 valence electrons. The van der Waals surface area contributed by atoms with Crippen molar-refractivity contribution in [1.82, 2.24) is 10.6 Å². The minimum atomic E-state index is 0.546. The van der Waals surface area contributed by atoms with E-state index in [1.807, 2.05) is 0 Å². The van der Waals surface area contributed by atoms with Crippen LogP contribution in [0.5, 0.6) is 0 Å². The van der Waals surface area contributed by atoms with E-state index in [1.165, 1.54) is 70.6 Å². The highest BCUT2D eigenvalue weighted by Crippen LogP contribution is 2.61. The van der Waals surface area contributed by atoms with Crippen LogP contribution in [0, 0.1) is 23.2 Å². The first-order valence-electron chi connectivity index (χ1n) is 9.70. The summed E-state index contributed by atoms with van der Waals surface area (Å²) in [7, 11) is 0. The predicted molar refractivity (Wildman–Crippen MR) is 95.8 cm³/mol. The highest BCUT2D eigenvalue weighted by Gasteiger charge is 2.53. The Morgan fingerprint density at radius 1 is 0.955 bits per heavy atom. The molecule has 22 heavy (non-hydrogen) atoms. The normalized spacial score (nSPS) is 42.1. The van der Waals surface area contributed by atoms with E-state index < -0.39 is 0 Å². The third-order valence-electron chi connectivity index (χ3n) is 7.29. The molecule has 5 aliphatic carbocycles. The molecule has 0 saturated heterocycles. The van der Waals surface area contributed by atoms with Gasteiger partial charge in [0, 0.05) is 12.1 Å². The van der Waals surface area contributed by atoms with Crippen molar-refractivity contribution in [3.63, 3.8) is 0 Å². The van der Waals surface area contributed by atoms with Crippen LogP contribution < -0.4 is 10.6 Å². The number of nitrogens with one attached hydrogen (secondary N) is 2. The topological polar surface area (TPSA) is 24.1 Å². The second-order valence-electron chi connectivity index (χ2n) is 8.95. The summed E-state index contributed by atoms with van der Waals surface area (Å²) in [4.78, 5) is 0. The zero-order chi connectivity index (χ0) is 15.2. The molecule has 0 aromatic carbocycles. The maximum Gasteiger partial charge on any atom is 0.166 e. The van der Waals surface area contributed by atoms with Gasteiger partial charge < -0.3 is 10.6 Å². The molecule has 0 aromatic heterocycles. The molecule has 0 aromatic rings. The summed E-state index contributed by atoms with van der Waals surface area (Å²) in [6.45, 7) is 2.40. The first kappa shape index (κ1) is 15.2. The van der Waals surface area contributed by atoms with Gasteiger partial charge in [-0.25, -0.2) is 0 Å². The van der Waals surface area contributed by atoms with Crippen molar-refractivity contribution in [2.45, 2.75) is 89.6 Å². The van der Waals surface area contributed by atoms with Crippen LogP contribution in [0.25, 0.3) is 0 Å². The maximum absolute atomic E-state index is 5.64. The standard InChI is InChI=1S/C19H32N2S/c1-13(20-18(22)21-17-5-3-2-4-6-17)19-10-14-7-15(11-19)9-16(8-14)12-19/h13-17H,2-12H2,1H3,(H2,20,21,22)/t13-,14?,15?,16?,19?/m0/s1. The molecule has 0 unspecified atom stereocenters. The van der Waals surface area contributed by atoms with Gasteiger partial charge in [0.1, 0.15) is 0 Å². The lowest BCUT2D eigenvalue weighted by atomic mass is 9.48. The van der Waals surface area contributed by atoms with Crippen molar-refractivity contribution in [2.75, 3.05) is 0 Å². The van der Waals surface area contributed by atoms with Gasteiger partial charge in [0.25, 0.3) is 0 Å². The summed E-state index contributed by atoms with van der Waals surface area (Å²) in [5, 5.41) is 8.23. The Hall–Kier alpha value is -0.310. The first-order chi connectivity index (χ1) is 10.6. The molecule has 2 nitrogen and oxygen atoms in total. The highest BCUT2D eigenvalue weighted by atomic mass is 32.1. The quantitative estimate of drug-likeness (QED) is 0.754. The Morgan fingerprint density at radius 2 is 1.50 bits per heavy atom. The lowest BCUT2D eigenvalue weighted by Gasteiger charge is -2.59. The molecule has 0 heterocycles. The van der Waals surface area contributed by atoms with Crippen molar-refractivity contribution in [2.24, 2.45) is 23.2 Å². The average molecular weight is 321 g/mol. The minimum absolute atomic E-state index is 0.546. The minimum Gasteiger partial charge on any atom is -0.360 e. The smallest absolute Gasteiger partial charge is 0.166 e. The monoisotopic (exact) mass is 320 g/mol. The second-order valence-corrected chi connectivity index (χ2v) is 9.36. The fraction of sp³-hybridized carbons (Fsp3) is 0.947. The van der Waals surface area contributed by atoms with Gasteiger partial charge in [0.2, 0.25) is 0 Å². The first-order valence-corrected chi connectivity index (χ1v) is 10.1. The Balaban J connectivity index is 1.35. The van der Waals surface area contributed by atoms with Crippen LogP contribution in [-0.2, 0) is 0 Å². The van der Waals surface area contributed by atoms with E-state index in [0.717, 1.165) is 22.9 Å². The summed E-state index contributed by atoms with van der Waals surface area (Å²) < 4.78 is 0. The van der Waals surface area contributed by atoms with Gasteiger partial charge in [-0.3, -0.25) is 0 Å². The summed E-state index contributed by atoms with van der Waals surface area (Å²) in [6.07, 6.45) is 15.7. The highest BCUT2D eigenvalue weighted by molar-refractivity contribution is 7.80. The van der Waals surface area contributed by atoms with E-state index in [1.54, 1.807) is 0 Å². The maximum atomic E-state index is 5.64. The lowest BCUT2D eigenvalue weighted by Crippen LogP contribution is -2.57. The van der Waals surface area contributed by atoms with E-state index in [4.69, 9.17) is 12.2 Å². The average Bonchev–Trinajstić information content (AvgIpc) is 2.46.